The summed E-state index contributed by atoms with van der Waals surface area (Å²) in [6.45, 7) is 3.94. The number of thiazole rings is 2. The van der Waals surface area contributed by atoms with E-state index in [-0.39, 0.29) is 23.0 Å². The van der Waals surface area contributed by atoms with Crippen molar-refractivity contribution >= 4 is 66.5 Å². The van der Waals surface area contributed by atoms with E-state index < -0.39 is 11.9 Å². The Kier molecular flexibility index (Phi) is 6.07. The van der Waals surface area contributed by atoms with Crippen LogP contribution in [0.4, 0.5) is 0 Å². The van der Waals surface area contributed by atoms with Gasteiger partial charge < -0.3 is 9.47 Å². The Morgan fingerprint density at radius 3 is 1.59 bits per heavy atom. The van der Waals surface area contributed by atoms with Gasteiger partial charge in [-0.2, -0.15) is 0 Å². The third-order valence-electron chi connectivity index (χ3n) is 2.35. The first kappa shape index (κ1) is 17.5. The van der Waals surface area contributed by atoms with Crippen molar-refractivity contribution in [3.63, 3.8) is 0 Å². The van der Waals surface area contributed by atoms with Crippen molar-refractivity contribution in [1.82, 2.24) is 9.97 Å². The van der Waals surface area contributed by atoms with Crippen LogP contribution in [-0.4, -0.2) is 35.1 Å². The zero-order chi connectivity index (χ0) is 16.3. The quantitative estimate of drug-likeness (QED) is 0.612. The van der Waals surface area contributed by atoms with Crippen LogP contribution in [0.15, 0.2) is 7.83 Å². The Bertz CT molecular complexity index is 654. The molecular formula is C12H10Br2N2O4S2. The second-order valence-corrected chi connectivity index (χ2v) is 8.28. The summed E-state index contributed by atoms with van der Waals surface area (Å²) in [5, 5.41) is 0. The van der Waals surface area contributed by atoms with E-state index in [0.29, 0.717) is 19.2 Å². The molecule has 22 heavy (non-hydrogen) atoms. The molecule has 0 fully saturated rings. The Morgan fingerprint density at radius 2 is 1.27 bits per heavy atom. The topological polar surface area (TPSA) is 78.4 Å². The lowest BCUT2D eigenvalue weighted by Crippen LogP contribution is -2.07. The normalized spacial score (nSPS) is 10.5. The van der Waals surface area contributed by atoms with Gasteiger partial charge in [-0.3, -0.25) is 0 Å². The van der Waals surface area contributed by atoms with E-state index in [9.17, 15) is 9.59 Å². The predicted molar refractivity (Wildman–Crippen MR) is 90.5 cm³/mol. The molecule has 2 heterocycles. The Labute approximate surface area is 151 Å². The second kappa shape index (κ2) is 7.62. The van der Waals surface area contributed by atoms with E-state index >= 15 is 0 Å². The lowest BCUT2D eigenvalue weighted by molar-refractivity contribution is 0.0520. The van der Waals surface area contributed by atoms with Crippen molar-refractivity contribution in [2.24, 2.45) is 0 Å². The van der Waals surface area contributed by atoms with E-state index in [4.69, 9.17) is 9.47 Å². The highest BCUT2D eigenvalue weighted by Gasteiger charge is 2.27. The molecule has 0 aromatic carbocycles. The molecule has 0 bridgehead atoms. The number of carbonyl (C=O) groups excluding carboxylic acids is 2. The molecule has 0 aliphatic rings. The van der Waals surface area contributed by atoms with Crippen LogP contribution in [0.5, 0.6) is 0 Å². The van der Waals surface area contributed by atoms with Crippen LogP contribution in [0.25, 0.3) is 11.4 Å². The van der Waals surface area contributed by atoms with Gasteiger partial charge in [-0.05, 0) is 45.7 Å². The maximum Gasteiger partial charge on any atom is 0.350 e. The average Bonchev–Trinajstić information content (AvgIpc) is 3.02. The number of ether oxygens (including phenoxy) is 2. The molecule has 0 N–H and O–H groups in total. The van der Waals surface area contributed by atoms with Gasteiger partial charge in [0.25, 0.3) is 0 Å². The molecule has 118 valence electrons. The summed E-state index contributed by atoms with van der Waals surface area (Å²) < 4.78 is 11.0. The first-order valence-electron chi connectivity index (χ1n) is 6.15. The van der Waals surface area contributed by atoms with E-state index in [1.807, 2.05) is 0 Å². The maximum atomic E-state index is 12.0. The van der Waals surface area contributed by atoms with Gasteiger partial charge >= 0.3 is 11.9 Å². The first-order chi connectivity index (χ1) is 10.5. The molecule has 0 saturated heterocycles. The van der Waals surface area contributed by atoms with Gasteiger partial charge in [-0.15, -0.1) is 0 Å². The molecule has 0 aliphatic carbocycles. The number of hydrogen-bond donors (Lipinski definition) is 0. The SMILES string of the molecule is CCOC(=O)c1sc(Br)nc1-c1nc(Br)sc1C(=O)OCC. The number of esters is 2. The minimum absolute atomic E-state index is 0.249. The molecular weight excluding hydrogens is 460 g/mol. The van der Waals surface area contributed by atoms with Crippen molar-refractivity contribution in [1.29, 1.82) is 0 Å². The van der Waals surface area contributed by atoms with Gasteiger partial charge in [0.1, 0.15) is 21.1 Å². The Balaban J connectivity index is 2.53. The molecule has 10 heteroatoms. The first-order valence-corrected chi connectivity index (χ1v) is 9.37. The van der Waals surface area contributed by atoms with Gasteiger partial charge in [0.15, 0.2) is 7.83 Å². The number of hydrogen-bond acceptors (Lipinski definition) is 8. The maximum absolute atomic E-state index is 12.0. The highest BCUT2D eigenvalue weighted by atomic mass is 79.9. The van der Waals surface area contributed by atoms with E-state index in [1.165, 1.54) is 0 Å². The molecule has 2 aromatic heterocycles. The summed E-state index contributed by atoms with van der Waals surface area (Å²) in [6.07, 6.45) is 0. The third kappa shape index (κ3) is 3.73. The second-order valence-electron chi connectivity index (χ2n) is 3.73. The fraction of sp³-hybridized carbons (Fsp3) is 0.333. The van der Waals surface area contributed by atoms with Crippen molar-refractivity contribution in [2.45, 2.75) is 13.8 Å². The van der Waals surface area contributed by atoms with Crippen molar-refractivity contribution in [3.8, 4) is 11.4 Å². The van der Waals surface area contributed by atoms with Crippen LogP contribution < -0.4 is 0 Å². The molecule has 6 nitrogen and oxygen atoms in total. The summed E-state index contributed by atoms with van der Waals surface area (Å²) >= 11 is 8.75. The number of rotatable bonds is 5. The van der Waals surface area contributed by atoms with Gasteiger partial charge in [-0.25, -0.2) is 19.6 Å². The van der Waals surface area contributed by atoms with Crippen LogP contribution in [-0.2, 0) is 9.47 Å². The van der Waals surface area contributed by atoms with Crippen LogP contribution in [0.3, 0.4) is 0 Å². The molecule has 0 aliphatic heterocycles. The van der Waals surface area contributed by atoms with Crippen molar-refractivity contribution in [2.75, 3.05) is 13.2 Å². The van der Waals surface area contributed by atoms with Crippen LogP contribution >= 0.6 is 54.5 Å². The molecule has 0 unspecified atom stereocenters. The summed E-state index contributed by atoms with van der Waals surface area (Å²) in [5.74, 6) is -1.00. The van der Waals surface area contributed by atoms with E-state index in [0.717, 1.165) is 22.7 Å². The Morgan fingerprint density at radius 1 is 0.909 bits per heavy atom. The van der Waals surface area contributed by atoms with Gasteiger partial charge in [0.2, 0.25) is 0 Å². The molecule has 0 saturated carbocycles. The van der Waals surface area contributed by atoms with Crippen LogP contribution in [0.2, 0.25) is 0 Å². The molecule has 0 radical (unpaired) electrons. The smallest absolute Gasteiger partial charge is 0.350 e. The largest absolute Gasteiger partial charge is 0.462 e. The van der Waals surface area contributed by atoms with Gasteiger partial charge in [0, 0.05) is 0 Å². The number of halogens is 2. The number of carbonyl (C=O) groups is 2. The van der Waals surface area contributed by atoms with Crippen LogP contribution in [0.1, 0.15) is 33.2 Å². The molecule has 2 aromatic rings. The van der Waals surface area contributed by atoms with Crippen molar-refractivity contribution in [3.05, 3.63) is 17.6 Å². The summed E-state index contributed by atoms with van der Waals surface area (Å²) in [5.41, 5.74) is 0.612. The fourth-order valence-corrected chi connectivity index (χ4v) is 4.28. The molecule has 0 atom stereocenters. The summed E-state index contributed by atoms with van der Waals surface area (Å²) in [6, 6.07) is 0. The van der Waals surface area contributed by atoms with Crippen LogP contribution in [0, 0.1) is 0 Å². The summed E-state index contributed by atoms with van der Waals surface area (Å²) in [4.78, 5) is 33.2. The van der Waals surface area contributed by atoms with Gasteiger partial charge in [0.05, 0.1) is 13.2 Å². The van der Waals surface area contributed by atoms with E-state index in [1.54, 1.807) is 13.8 Å². The summed E-state index contributed by atoms with van der Waals surface area (Å²) in [7, 11) is 0. The Hall–Kier alpha value is -0.840. The standard InChI is InChI=1S/C12H10Br2N2O4S2/c1-3-19-9(17)7-5(15-11(13)21-7)6-8(10(18)20-4-2)22-12(14)16-6/h3-4H2,1-2H3. The fourth-order valence-electron chi connectivity index (χ4n) is 1.58. The third-order valence-corrected chi connectivity index (χ3v) is 5.32. The van der Waals surface area contributed by atoms with Gasteiger partial charge in [-0.1, -0.05) is 22.7 Å². The lowest BCUT2D eigenvalue weighted by atomic mass is 10.2. The molecule has 0 spiro atoms. The highest BCUT2D eigenvalue weighted by Crippen LogP contribution is 2.37. The monoisotopic (exact) mass is 468 g/mol. The lowest BCUT2D eigenvalue weighted by Gasteiger charge is -2.03. The molecule has 0 amide bonds. The predicted octanol–water partition coefficient (Wildman–Crippen LogP) is 4.15. The minimum atomic E-state index is -0.500. The zero-order valence-corrected chi connectivity index (χ0v) is 16.3. The number of nitrogens with zero attached hydrogens (tertiary/aromatic N) is 2. The van der Waals surface area contributed by atoms with Crippen molar-refractivity contribution < 1.29 is 19.1 Å². The minimum Gasteiger partial charge on any atom is -0.462 e. The van der Waals surface area contributed by atoms with E-state index in [2.05, 4.69) is 41.8 Å². The number of aromatic nitrogens is 2. The highest BCUT2D eigenvalue weighted by molar-refractivity contribution is 9.11. The average molecular weight is 470 g/mol. The molecule has 2 rings (SSSR count). The zero-order valence-electron chi connectivity index (χ0n) is 11.5.